The molecular weight excluding hydrogens is 599 g/mol. The summed E-state index contributed by atoms with van der Waals surface area (Å²) in [5, 5.41) is 15.2. The number of hydrogen-bond donors (Lipinski definition) is 4. The van der Waals surface area contributed by atoms with Crippen LogP contribution in [0.15, 0.2) is 72.8 Å². The standard InChI is InChI=1S/2C12H16O.C8H12O3.CH5O4P.CH4O/c2*1-12(2,3)11(13)9-10-7-5-4-6-8-10;1-8(2,3)6(9)4-5-7(10)11;1-5-6(2,3)4;1-2/h2*4-8H,9H2,1-3H3;4-5H,1-3H3,(H,10,11);1H3,(H2,2,3,4);2H,1H3/b;;5-4+;;. The van der Waals surface area contributed by atoms with Gasteiger partial charge in [0.2, 0.25) is 0 Å². The van der Waals surface area contributed by atoms with Gasteiger partial charge in [0.1, 0.15) is 11.6 Å². The molecule has 0 saturated heterocycles. The highest BCUT2D eigenvalue weighted by Crippen LogP contribution is 2.33. The zero-order valence-corrected chi connectivity index (χ0v) is 29.4. The molecule has 0 aliphatic carbocycles. The first-order valence-corrected chi connectivity index (χ1v) is 15.6. The highest BCUT2D eigenvalue weighted by Gasteiger charge is 2.21. The van der Waals surface area contributed by atoms with Crippen molar-refractivity contribution in [2.75, 3.05) is 14.2 Å². The van der Waals surface area contributed by atoms with Gasteiger partial charge in [-0.2, -0.15) is 0 Å². The molecule has 0 aliphatic heterocycles. The van der Waals surface area contributed by atoms with Crippen LogP contribution in [0, 0.1) is 16.2 Å². The fourth-order valence-corrected chi connectivity index (χ4v) is 2.49. The average Bonchev–Trinajstić information content (AvgIpc) is 2.93. The first kappa shape index (κ1) is 46.2. The highest BCUT2D eigenvalue weighted by molar-refractivity contribution is 7.46. The summed E-state index contributed by atoms with van der Waals surface area (Å²) < 4.78 is 13.1. The van der Waals surface area contributed by atoms with Crippen LogP contribution in [-0.2, 0) is 41.1 Å². The van der Waals surface area contributed by atoms with Crippen LogP contribution in [0.25, 0.3) is 0 Å². The number of hydrogen-bond acceptors (Lipinski definition) is 7. The summed E-state index contributed by atoms with van der Waals surface area (Å²) in [5.74, 6) is -0.695. The van der Waals surface area contributed by atoms with Gasteiger partial charge >= 0.3 is 13.8 Å². The number of rotatable bonds is 7. The van der Waals surface area contributed by atoms with Crippen molar-refractivity contribution >= 4 is 31.1 Å². The van der Waals surface area contributed by atoms with Crippen LogP contribution in [0.2, 0.25) is 0 Å². The molecule has 254 valence electrons. The molecule has 0 heterocycles. The Balaban J connectivity index is -0.000000528. The maximum Gasteiger partial charge on any atom is 0.469 e. The number of phosphoric ester groups is 1. The normalized spacial score (nSPS) is 11.2. The molecule has 11 heteroatoms. The number of carboxylic acids is 1. The van der Waals surface area contributed by atoms with Crippen molar-refractivity contribution in [1.82, 2.24) is 0 Å². The van der Waals surface area contributed by atoms with Crippen molar-refractivity contribution in [3.05, 3.63) is 83.9 Å². The van der Waals surface area contributed by atoms with E-state index in [2.05, 4.69) is 4.52 Å². The van der Waals surface area contributed by atoms with E-state index in [1.165, 1.54) is 0 Å². The third kappa shape index (κ3) is 28.0. The summed E-state index contributed by atoms with van der Waals surface area (Å²) in [4.78, 5) is 59.7. The van der Waals surface area contributed by atoms with E-state index in [4.69, 9.17) is 20.0 Å². The first-order valence-electron chi connectivity index (χ1n) is 14.1. The van der Waals surface area contributed by atoms with Crippen molar-refractivity contribution in [2.24, 2.45) is 16.2 Å². The lowest BCUT2D eigenvalue weighted by molar-refractivity contribution is -0.132. The lowest BCUT2D eigenvalue weighted by Gasteiger charge is -2.16. The van der Waals surface area contributed by atoms with E-state index in [1.807, 2.05) is 102 Å². The zero-order valence-electron chi connectivity index (χ0n) is 28.5. The Kier molecular flexibility index (Phi) is 22.8. The van der Waals surface area contributed by atoms with E-state index < -0.39 is 19.2 Å². The van der Waals surface area contributed by atoms with Crippen LogP contribution in [0.5, 0.6) is 0 Å². The molecule has 4 N–H and O–H groups in total. The van der Waals surface area contributed by atoms with Crippen molar-refractivity contribution < 1.29 is 48.3 Å². The van der Waals surface area contributed by atoms with Gasteiger partial charge in [-0.05, 0) is 17.2 Å². The number of benzene rings is 2. The number of Topliss-reactive ketones (excluding diaryl/α,β-unsaturated/α-hetero) is 2. The molecule has 45 heavy (non-hydrogen) atoms. The number of aliphatic hydroxyl groups is 1. The Morgan fingerprint density at radius 2 is 0.933 bits per heavy atom. The third-order valence-corrected chi connectivity index (χ3v) is 5.92. The maximum absolute atomic E-state index is 11.6. The number of aliphatic carboxylic acids is 1. The van der Waals surface area contributed by atoms with Crippen molar-refractivity contribution in [1.29, 1.82) is 0 Å². The number of ketones is 3. The predicted octanol–water partition coefficient (Wildman–Crippen LogP) is 6.27. The Morgan fingerprint density at radius 1 is 0.644 bits per heavy atom. The zero-order chi connectivity index (χ0) is 36.1. The minimum absolute atomic E-state index is 0.181. The molecule has 0 bridgehead atoms. The molecule has 10 nitrogen and oxygen atoms in total. The van der Waals surface area contributed by atoms with Crippen molar-refractivity contribution in [3.63, 3.8) is 0 Å². The average molecular weight is 653 g/mol. The lowest BCUT2D eigenvalue weighted by atomic mass is 9.87. The molecule has 0 spiro atoms. The molecule has 2 rings (SSSR count). The second-order valence-electron chi connectivity index (χ2n) is 12.6. The molecular formula is C34H53O10P. The van der Waals surface area contributed by atoms with Gasteiger partial charge in [0.05, 0.1) is 0 Å². The molecule has 0 saturated carbocycles. The molecule has 2 aromatic carbocycles. The minimum atomic E-state index is -4.15. The Bertz CT molecular complexity index is 1150. The van der Waals surface area contributed by atoms with E-state index in [0.29, 0.717) is 24.4 Å². The number of carboxylic acid groups (broad SMARTS) is 1. The monoisotopic (exact) mass is 652 g/mol. The van der Waals surface area contributed by atoms with E-state index >= 15 is 0 Å². The van der Waals surface area contributed by atoms with Crippen LogP contribution in [0.3, 0.4) is 0 Å². The maximum atomic E-state index is 11.6. The second kappa shape index (κ2) is 22.3. The van der Waals surface area contributed by atoms with Gasteiger partial charge in [-0.15, -0.1) is 0 Å². The van der Waals surface area contributed by atoms with Crippen LogP contribution in [-0.4, -0.2) is 57.5 Å². The summed E-state index contributed by atoms with van der Waals surface area (Å²) >= 11 is 0. The van der Waals surface area contributed by atoms with E-state index in [0.717, 1.165) is 37.5 Å². The van der Waals surface area contributed by atoms with Crippen molar-refractivity contribution in [3.8, 4) is 0 Å². The van der Waals surface area contributed by atoms with Crippen molar-refractivity contribution in [2.45, 2.75) is 75.2 Å². The predicted molar refractivity (Wildman–Crippen MR) is 178 cm³/mol. The lowest BCUT2D eigenvalue weighted by Crippen LogP contribution is -2.21. The Labute approximate surface area is 268 Å². The van der Waals surface area contributed by atoms with Gasteiger partial charge in [-0.25, -0.2) is 9.36 Å². The van der Waals surface area contributed by atoms with Crippen LogP contribution >= 0.6 is 7.82 Å². The summed E-state index contributed by atoms with van der Waals surface area (Å²) in [5.41, 5.74) is 1.25. The van der Waals surface area contributed by atoms with E-state index in [1.54, 1.807) is 20.8 Å². The third-order valence-electron chi connectivity index (χ3n) is 5.44. The molecule has 0 amide bonds. The molecule has 0 radical (unpaired) electrons. The summed E-state index contributed by atoms with van der Waals surface area (Å²) in [6.07, 6.45) is 3.03. The molecule has 0 aliphatic rings. The Hall–Kier alpha value is -3.27. The minimum Gasteiger partial charge on any atom is -0.478 e. The molecule has 0 fully saturated rings. The number of carbonyl (C=O) groups is 4. The molecule has 2 aromatic rings. The van der Waals surface area contributed by atoms with Gasteiger partial charge in [-0.1, -0.05) is 123 Å². The first-order chi connectivity index (χ1) is 20.4. The van der Waals surface area contributed by atoms with Gasteiger partial charge in [0.15, 0.2) is 5.78 Å². The highest BCUT2D eigenvalue weighted by atomic mass is 31.2. The largest absolute Gasteiger partial charge is 0.478 e. The second-order valence-corrected chi connectivity index (χ2v) is 14.0. The SMILES string of the molecule is CC(C)(C)C(=O)/C=C/C(=O)O.CC(C)(C)C(=O)Cc1ccccc1.CC(C)(C)C(=O)Cc1ccccc1.CO.COP(=O)(O)O. The number of allylic oxidation sites excluding steroid dienone is 1. The van der Waals surface area contributed by atoms with E-state index in [-0.39, 0.29) is 16.6 Å². The van der Waals surface area contributed by atoms with Gasteiger partial charge < -0.3 is 20.0 Å². The quantitative estimate of drug-likeness (QED) is 0.197. The Morgan fingerprint density at radius 3 is 1.13 bits per heavy atom. The summed E-state index contributed by atoms with van der Waals surface area (Å²) in [6, 6.07) is 19.7. The van der Waals surface area contributed by atoms with Gasteiger partial charge in [0, 0.05) is 49.4 Å². The van der Waals surface area contributed by atoms with Crippen LogP contribution in [0.1, 0.15) is 73.4 Å². The summed E-state index contributed by atoms with van der Waals surface area (Å²) in [6.45, 7) is 17.0. The fraction of sp³-hybridized carbons (Fsp3) is 0.471. The van der Waals surface area contributed by atoms with Crippen LogP contribution < -0.4 is 0 Å². The number of aliphatic hydroxyl groups excluding tert-OH is 1. The molecule has 0 atom stereocenters. The number of phosphoric acid groups is 1. The van der Waals surface area contributed by atoms with Crippen LogP contribution in [0.4, 0.5) is 0 Å². The van der Waals surface area contributed by atoms with Gasteiger partial charge in [0.25, 0.3) is 0 Å². The number of carbonyl (C=O) groups excluding carboxylic acids is 3. The van der Waals surface area contributed by atoms with Gasteiger partial charge in [-0.3, -0.25) is 18.9 Å². The smallest absolute Gasteiger partial charge is 0.469 e. The molecule has 0 unspecified atom stereocenters. The topological polar surface area (TPSA) is 175 Å². The fourth-order valence-electron chi connectivity index (χ4n) is 2.49. The van der Waals surface area contributed by atoms with E-state index in [9.17, 15) is 23.7 Å². The molecule has 0 aromatic heterocycles. The summed E-state index contributed by atoms with van der Waals surface area (Å²) in [7, 11) is -2.20.